The molecule has 2 aromatic rings. The highest BCUT2D eigenvalue weighted by Gasteiger charge is 2.34. The van der Waals surface area contributed by atoms with Gasteiger partial charge in [0.05, 0.1) is 12.6 Å². The van der Waals surface area contributed by atoms with Crippen LogP contribution in [0.2, 0.25) is 0 Å². The first kappa shape index (κ1) is 25.6. The molecule has 2 heterocycles. The SMILES string of the molecule is C[C@H](O)C#Cc1cnc2c(c1)C(=O)N([C@H](C)CO)C[C@@H](C)[C@H](CN(C)Cc1cccc(F)c1)O2. The van der Waals surface area contributed by atoms with Crippen molar-refractivity contribution in [2.24, 2.45) is 5.92 Å². The van der Waals surface area contributed by atoms with E-state index in [4.69, 9.17) is 4.74 Å². The average molecular weight is 470 g/mol. The third kappa shape index (κ3) is 6.54. The van der Waals surface area contributed by atoms with E-state index >= 15 is 0 Å². The van der Waals surface area contributed by atoms with Crippen LogP contribution in [0, 0.1) is 23.6 Å². The lowest BCUT2D eigenvalue weighted by Gasteiger charge is -2.37. The first-order valence-corrected chi connectivity index (χ1v) is 11.4. The number of hydrogen-bond acceptors (Lipinski definition) is 6. The molecule has 34 heavy (non-hydrogen) atoms. The van der Waals surface area contributed by atoms with E-state index in [2.05, 4.69) is 16.8 Å². The second kappa shape index (κ2) is 11.4. The number of nitrogens with zero attached hydrogens (tertiary/aromatic N) is 3. The number of aliphatic hydroxyl groups excluding tert-OH is 2. The van der Waals surface area contributed by atoms with Crippen molar-refractivity contribution in [3.63, 3.8) is 0 Å². The molecule has 0 unspecified atom stereocenters. The van der Waals surface area contributed by atoms with Crippen LogP contribution in [-0.2, 0) is 6.54 Å². The Morgan fingerprint density at radius 3 is 2.79 bits per heavy atom. The normalized spacial score (nSPS) is 19.9. The Labute approximate surface area is 200 Å². The van der Waals surface area contributed by atoms with E-state index in [1.165, 1.54) is 18.3 Å². The van der Waals surface area contributed by atoms with Gasteiger partial charge in [0.2, 0.25) is 5.88 Å². The lowest BCUT2D eigenvalue weighted by molar-refractivity contribution is 0.0325. The Kier molecular flexibility index (Phi) is 8.61. The van der Waals surface area contributed by atoms with Crippen LogP contribution < -0.4 is 4.74 Å². The van der Waals surface area contributed by atoms with Gasteiger partial charge in [-0.05, 0) is 44.7 Å². The Morgan fingerprint density at radius 1 is 1.35 bits per heavy atom. The maximum Gasteiger partial charge on any atom is 0.259 e. The number of halogens is 1. The van der Waals surface area contributed by atoms with Crippen molar-refractivity contribution in [3.05, 3.63) is 59.0 Å². The summed E-state index contributed by atoms with van der Waals surface area (Å²) in [6.07, 6.45) is 0.403. The van der Waals surface area contributed by atoms with Gasteiger partial charge in [0, 0.05) is 37.3 Å². The largest absolute Gasteiger partial charge is 0.472 e. The summed E-state index contributed by atoms with van der Waals surface area (Å²) >= 11 is 0. The van der Waals surface area contributed by atoms with Gasteiger partial charge in [0.1, 0.15) is 23.6 Å². The smallest absolute Gasteiger partial charge is 0.259 e. The average Bonchev–Trinajstić information content (AvgIpc) is 2.79. The van der Waals surface area contributed by atoms with Gasteiger partial charge in [-0.1, -0.05) is 30.9 Å². The molecular weight excluding hydrogens is 437 g/mol. The molecule has 182 valence electrons. The number of carbonyl (C=O) groups excluding carboxylic acids is 1. The summed E-state index contributed by atoms with van der Waals surface area (Å²) in [5, 5.41) is 19.2. The standard InChI is InChI=1S/C26H32FN3O4/c1-17-13-30(18(2)16-31)26(33)23-11-20(9-8-19(3)32)12-28-25(23)34-24(17)15-29(4)14-21-6-5-7-22(27)10-21/h5-7,10-12,17-19,24,31-32H,13-16H2,1-4H3/t17-,18-,19+,24+/m1/s1. The molecule has 2 N–H and O–H groups in total. The van der Waals surface area contributed by atoms with E-state index < -0.39 is 12.1 Å². The second-order valence-corrected chi connectivity index (χ2v) is 8.97. The number of rotatable bonds is 6. The van der Waals surface area contributed by atoms with Crippen LogP contribution in [0.3, 0.4) is 0 Å². The molecule has 0 fully saturated rings. The van der Waals surface area contributed by atoms with E-state index in [0.29, 0.717) is 25.2 Å². The molecule has 0 saturated carbocycles. The molecule has 1 amide bonds. The lowest BCUT2D eigenvalue weighted by atomic mass is 9.99. The predicted octanol–water partition coefficient (Wildman–Crippen LogP) is 2.31. The summed E-state index contributed by atoms with van der Waals surface area (Å²) in [4.78, 5) is 21.4. The predicted molar refractivity (Wildman–Crippen MR) is 127 cm³/mol. The molecule has 0 spiro atoms. The highest BCUT2D eigenvalue weighted by atomic mass is 19.1. The van der Waals surface area contributed by atoms with Crippen molar-refractivity contribution in [1.82, 2.24) is 14.8 Å². The number of ether oxygens (including phenoxy) is 1. The van der Waals surface area contributed by atoms with E-state index in [-0.39, 0.29) is 41.8 Å². The molecule has 4 atom stereocenters. The molecule has 0 bridgehead atoms. The lowest BCUT2D eigenvalue weighted by Crippen LogP contribution is -2.49. The van der Waals surface area contributed by atoms with Crippen molar-refractivity contribution in [2.45, 2.75) is 45.6 Å². The summed E-state index contributed by atoms with van der Waals surface area (Å²) in [5.74, 6) is 5.05. The van der Waals surface area contributed by atoms with Gasteiger partial charge in [-0.25, -0.2) is 9.37 Å². The number of amides is 1. The van der Waals surface area contributed by atoms with Gasteiger partial charge in [-0.2, -0.15) is 0 Å². The number of aliphatic hydroxyl groups is 2. The molecule has 0 saturated heterocycles. The number of likely N-dealkylation sites (N-methyl/N-ethyl adjacent to an activating group) is 1. The summed E-state index contributed by atoms with van der Waals surface area (Å²) in [5.41, 5.74) is 1.61. The summed E-state index contributed by atoms with van der Waals surface area (Å²) in [6, 6.07) is 7.71. The van der Waals surface area contributed by atoms with Crippen LogP contribution in [0.5, 0.6) is 5.88 Å². The fraction of sp³-hybridized carbons (Fsp3) is 0.462. The molecule has 3 rings (SSSR count). The van der Waals surface area contributed by atoms with Crippen LogP contribution in [-0.4, -0.2) is 75.9 Å². The summed E-state index contributed by atoms with van der Waals surface area (Å²) in [6.45, 7) is 6.63. The van der Waals surface area contributed by atoms with Crippen molar-refractivity contribution in [2.75, 3.05) is 26.7 Å². The molecule has 0 radical (unpaired) electrons. The van der Waals surface area contributed by atoms with Gasteiger partial charge in [0.25, 0.3) is 5.91 Å². The highest BCUT2D eigenvalue weighted by molar-refractivity contribution is 5.97. The van der Waals surface area contributed by atoms with E-state index in [1.807, 2.05) is 24.9 Å². The third-order valence-electron chi connectivity index (χ3n) is 5.78. The Morgan fingerprint density at radius 2 is 2.12 bits per heavy atom. The Hall–Kier alpha value is -2.99. The van der Waals surface area contributed by atoms with Crippen molar-refractivity contribution >= 4 is 5.91 Å². The molecule has 7 nitrogen and oxygen atoms in total. The second-order valence-electron chi connectivity index (χ2n) is 8.97. The molecule has 1 aliphatic heterocycles. The topological polar surface area (TPSA) is 86.1 Å². The maximum absolute atomic E-state index is 13.6. The van der Waals surface area contributed by atoms with Crippen LogP contribution in [0.4, 0.5) is 4.39 Å². The Bertz CT molecular complexity index is 1070. The van der Waals surface area contributed by atoms with Gasteiger partial charge in [0.15, 0.2) is 0 Å². The monoisotopic (exact) mass is 469 g/mol. The van der Waals surface area contributed by atoms with E-state index in [1.54, 1.807) is 30.9 Å². The van der Waals surface area contributed by atoms with E-state index in [0.717, 1.165) is 5.56 Å². The molecule has 1 aliphatic rings. The van der Waals surface area contributed by atoms with Gasteiger partial charge >= 0.3 is 0 Å². The molecule has 8 heteroatoms. The van der Waals surface area contributed by atoms with Crippen LogP contribution >= 0.6 is 0 Å². The van der Waals surface area contributed by atoms with E-state index in [9.17, 15) is 19.4 Å². The van der Waals surface area contributed by atoms with Gasteiger partial charge in [-0.3, -0.25) is 9.69 Å². The zero-order chi connectivity index (χ0) is 24.8. The van der Waals surface area contributed by atoms with Crippen LogP contribution in [0.1, 0.15) is 42.3 Å². The zero-order valence-corrected chi connectivity index (χ0v) is 20.0. The number of fused-ring (bicyclic) bond motifs is 1. The van der Waals surface area contributed by atoms with Gasteiger partial charge < -0.3 is 19.8 Å². The maximum atomic E-state index is 13.6. The third-order valence-corrected chi connectivity index (χ3v) is 5.78. The highest BCUT2D eigenvalue weighted by Crippen LogP contribution is 2.27. The number of pyridine rings is 1. The Balaban J connectivity index is 1.90. The summed E-state index contributed by atoms with van der Waals surface area (Å²) in [7, 11) is 1.93. The minimum Gasteiger partial charge on any atom is -0.472 e. The number of aromatic nitrogens is 1. The summed E-state index contributed by atoms with van der Waals surface area (Å²) < 4.78 is 19.8. The molecule has 1 aromatic heterocycles. The quantitative estimate of drug-likeness (QED) is 0.632. The van der Waals surface area contributed by atoms with Crippen molar-refractivity contribution in [1.29, 1.82) is 0 Å². The van der Waals surface area contributed by atoms with Crippen LogP contribution in [0.25, 0.3) is 0 Å². The molecule has 0 aliphatic carbocycles. The minimum absolute atomic E-state index is 0.0578. The number of benzene rings is 1. The zero-order valence-electron chi connectivity index (χ0n) is 20.0. The fourth-order valence-electron chi connectivity index (χ4n) is 3.90. The van der Waals surface area contributed by atoms with Crippen molar-refractivity contribution in [3.8, 4) is 17.7 Å². The number of hydrogen-bond donors (Lipinski definition) is 2. The first-order valence-electron chi connectivity index (χ1n) is 11.4. The van der Waals surface area contributed by atoms with Crippen molar-refractivity contribution < 1.29 is 24.1 Å². The first-order chi connectivity index (χ1) is 16.2. The van der Waals surface area contributed by atoms with Crippen LogP contribution in [0.15, 0.2) is 36.5 Å². The van der Waals surface area contributed by atoms with Gasteiger partial charge in [-0.15, -0.1) is 0 Å². The molecular formula is C26H32FN3O4. The number of carbonyl (C=O) groups is 1. The minimum atomic E-state index is -0.807. The fourth-order valence-corrected chi connectivity index (χ4v) is 3.90. The molecule has 1 aromatic carbocycles.